The number of nitrogens with zero attached hydrogens (tertiary/aromatic N) is 3. The maximum atomic E-state index is 12.9. The Kier molecular flexibility index (Phi) is 4.89. The lowest BCUT2D eigenvalue weighted by molar-refractivity contribution is -0.116. The first-order valence-electron chi connectivity index (χ1n) is 10.4. The van der Waals surface area contributed by atoms with Crippen molar-refractivity contribution in [3.8, 4) is 17.2 Å². The molecule has 8 heteroatoms. The lowest BCUT2D eigenvalue weighted by Gasteiger charge is -2.19. The first-order valence-corrected chi connectivity index (χ1v) is 10.4. The SMILES string of the molecule is Cc1cc(=O)n(CC(=O)Nc2ccc3c(c2)OCCO3)c2c1c(C)nn2-c1ccccc1. The molecule has 0 saturated carbocycles. The molecule has 8 nitrogen and oxygen atoms in total. The standard InChI is InChI=1S/C24H22N4O4/c1-15-12-22(30)27(24-23(15)16(2)26-28(24)18-6-4-3-5-7-18)14-21(29)25-17-8-9-19-20(13-17)32-11-10-31-19/h3-9,12-13H,10-11,14H2,1-2H3,(H,25,29). The zero-order chi connectivity index (χ0) is 22.2. The van der Waals surface area contributed by atoms with E-state index in [2.05, 4.69) is 10.4 Å². The van der Waals surface area contributed by atoms with E-state index in [9.17, 15) is 9.59 Å². The number of rotatable bonds is 4. The number of para-hydroxylation sites is 1. The van der Waals surface area contributed by atoms with Crippen LogP contribution in [-0.4, -0.2) is 33.5 Å². The van der Waals surface area contributed by atoms with Gasteiger partial charge >= 0.3 is 0 Å². The summed E-state index contributed by atoms with van der Waals surface area (Å²) in [5.41, 5.74) is 3.34. The van der Waals surface area contributed by atoms with E-state index in [0.29, 0.717) is 36.0 Å². The van der Waals surface area contributed by atoms with Crippen molar-refractivity contribution in [1.29, 1.82) is 0 Å². The number of hydrogen-bond acceptors (Lipinski definition) is 5. The van der Waals surface area contributed by atoms with E-state index >= 15 is 0 Å². The summed E-state index contributed by atoms with van der Waals surface area (Å²) in [6, 6.07) is 16.3. The second-order valence-electron chi connectivity index (χ2n) is 7.69. The number of amides is 1. The smallest absolute Gasteiger partial charge is 0.252 e. The Morgan fingerprint density at radius 1 is 1.03 bits per heavy atom. The Morgan fingerprint density at radius 2 is 1.78 bits per heavy atom. The largest absolute Gasteiger partial charge is 0.486 e. The van der Waals surface area contributed by atoms with Crippen LogP contribution in [0.1, 0.15) is 11.3 Å². The highest BCUT2D eigenvalue weighted by molar-refractivity contribution is 5.92. The van der Waals surface area contributed by atoms with Crippen LogP contribution >= 0.6 is 0 Å². The minimum atomic E-state index is -0.326. The summed E-state index contributed by atoms with van der Waals surface area (Å²) in [7, 11) is 0. The lowest BCUT2D eigenvalue weighted by atomic mass is 10.1. The second kappa shape index (κ2) is 7.88. The van der Waals surface area contributed by atoms with Crippen LogP contribution in [0.25, 0.3) is 16.7 Å². The van der Waals surface area contributed by atoms with Crippen molar-refractivity contribution >= 4 is 22.6 Å². The average Bonchev–Trinajstić information content (AvgIpc) is 3.14. The molecule has 0 radical (unpaired) electrons. The van der Waals surface area contributed by atoms with Crippen LogP contribution in [0.3, 0.4) is 0 Å². The predicted molar refractivity (Wildman–Crippen MR) is 121 cm³/mol. The van der Waals surface area contributed by atoms with Crippen LogP contribution in [0, 0.1) is 13.8 Å². The van der Waals surface area contributed by atoms with Crippen molar-refractivity contribution in [2.45, 2.75) is 20.4 Å². The van der Waals surface area contributed by atoms with Gasteiger partial charge in [0.15, 0.2) is 11.5 Å². The number of carbonyl (C=O) groups is 1. The summed E-state index contributed by atoms with van der Waals surface area (Å²) in [5, 5.41) is 8.37. The maximum Gasteiger partial charge on any atom is 0.252 e. The van der Waals surface area contributed by atoms with Gasteiger partial charge < -0.3 is 14.8 Å². The molecule has 1 N–H and O–H groups in total. The molecule has 1 aliphatic heterocycles. The summed E-state index contributed by atoms with van der Waals surface area (Å²) in [6.45, 7) is 4.59. The predicted octanol–water partition coefficient (Wildman–Crippen LogP) is 3.21. The Balaban J connectivity index is 1.53. The van der Waals surface area contributed by atoms with Gasteiger partial charge in [0, 0.05) is 23.2 Å². The molecule has 0 atom stereocenters. The number of aryl methyl sites for hydroxylation is 2. The van der Waals surface area contributed by atoms with Crippen LogP contribution in [0.4, 0.5) is 5.69 Å². The number of aromatic nitrogens is 3. The average molecular weight is 430 g/mol. The molecule has 0 bridgehead atoms. The molecule has 2 aromatic carbocycles. The molecule has 1 amide bonds. The monoisotopic (exact) mass is 430 g/mol. The minimum Gasteiger partial charge on any atom is -0.486 e. The molecule has 3 heterocycles. The van der Waals surface area contributed by atoms with Crippen LogP contribution in [-0.2, 0) is 11.3 Å². The van der Waals surface area contributed by atoms with Crippen molar-refractivity contribution in [2.24, 2.45) is 0 Å². The highest BCUT2D eigenvalue weighted by Crippen LogP contribution is 2.32. The number of ether oxygens (including phenoxy) is 2. The number of hydrogen-bond donors (Lipinski definition) is 1. The number of fused-ring (bicyclic) bond motifs is 2. The fourth-order valence-corrected chi connectivity index (χ4v) is 4.03. The highest BCUT2D eigenvalue weighted by Gasteiger charge is 2.19. The molecule has 0 unspecified atom stereocenters. The van der Waals surface area contributed by atoms with Gasteiger partial charge in [0.2, 0.25) is 5.91 Å². The number of anilines is 1. The third-order valence-electron chi connectivity index (χ3n) is 5.42. The molecule has 32 heavy (non-hydrogen) atoms. The van der Waals surface area contributed by atoms with Crippen molar-refractivity contribution in [1.82, 2.24) is 14.3 Å². The van der Waals surface area contributed by atoms with Gasteiger partial charge in [-0.15, -0.1) is 0 Å². The van der Waals surface area contributed by atoms with Gasteiger partial charge in [0.1, 0.15) is 25.4 Å². The molecule has 1 aliphatic rings. The van der Waals surface area contributed by atoms with Crippen LogP contribution in [0.15, 0.2) is 59.4 Å². The fraction of sp³-hybridized carbons (Fsp3) is 0.208. The molecule has 2 aromatic heterocycles. The van der Waals surface area contributed by atoms with Crippen LogP contribution < -0.4 is 20.3 Å². The van der Waals surface area contributed by atoms with Gasteiger partial charge in [0.05, 0.1) is 11.4 Å². The topological polar surface area (TPSA) is 87.4 Å². The van der Waals surface area contributed by atoms with E-state index in [-0.39, 0.29) is 18.0 Å². The molecular weight excluding hydrogens is 408 g/mol. The van der Waals surface area contributed by atoms with Gasteiger partial charge in [-0.2, -0.15) is 5.10 Å². The number of pyridine rings is 1. The van der Waals surface area contributed by atoms with E-state index < -0.39 is 0 Å². The van der Waals surface area contributed by atoms with E-state index in [4.69, 9.17) is 9.47 Å². The lowest BCUT2D eigenvalue weighted by Crippen LogP contribution is -2.29. The zero-order valence-electron chi connectivity index (χ0n) is 17.8. The highest BCUT2D eigenvalue weighted by atomic mass is 16.6. The first-order chi connectivity index (χ1) is 15.5. The normalized spacial score (nSPS) is 12.7. The summed E-state index contributed by atoms with van der Waals surface area (Å²) in [5.74, 6) is 0.905. The van der Waals surface area contributed by atoms with Gasteiger partial charge in [-0.1, -0.05) is 18.2 Å². The molecule has 0 spiro atoms. The van der Waals surface area contributed by atoms with Gasteiger partial charge in [0.25, 0.3) is 5.56 Å². The molecule has 5 rings (SSSR count). The fourth-order valence-electron chi connectivity index (χ4n) is 4.03. The van der Waals surface area contributed by atoms with Crippen molar-refractivity contribution < 1.29 is 14.3 Å². The van der Waals surface area contributed by atoms with E-state index in [0.717, 1.165) is 22.3 Å². The maximum absolute atomic E-state index is 12.9. The van der Waals surface area contributed by atoms with Crippen LogP contribution in [0.2, 0.25) is 0 Å². The van der Waals surface area contributed by atoms with E-state index in [1.165, 1.54) is 4.57 Å². The number of carbonyl (C=O) groups excluding carboxylic acids is 1. The third-order valence-corrected chi connectivity index (χ3v) is 5.42. The molecular formula is C24H22N4O4. The zero-order valence-corrected chi connectivity index (χ0v) is 17.8. The van der Waals surface area contributed by atoms with E-state index in [1.807, 2.05) is 44.2 Å². The summed E-state index contributed by atoms with van der Waals surface area (Å²) >= 11 is 0. The Bertz CT molecular complexity index is 1390. The molecule has 4 aromatic rings. The minimum absolute atomic E-state index is 0.151. The van der Waals surface area contributed by atoms with Crippen LogP contribution in [0.5, 0.6) is 11.5 Å². The van der Waals surface area contributed by atoms with Crippen molar-refractivity contribution in [3.63, 3.8) is 0 Å². The van der Waals surface area contributed by atoms with Gasteiger partial charge in [-0.3, -0.25) is 14.2 Å². The van der Waals surface area contributed by atoms with Crippen molar-refractivity contribution in [3.05, 3.63) is 76.2 Å². The third kappa shape index (κ3) is 3.49. The summed E-state index contributed by atoms with van der Waals surface area (Å²) in [4.78, 5) is 25.8. The quantitative estimate of drug-likeness (QED) is 0.537. The summed E-state index contributed by atoms with van der Waals surface area (Å²) < 4.78 is 14.3. The Labute approximate surface area is 184 Å². The summed E-state index contributed by atoms with van der Waals surface area (Å²) in [6.07, 6.45) is 0. The number of benzene rings is 2. The van der Waals surface area contributed by atoms with Gasteiger partial charge in [-0.05, 0) is 43.7 Å². The van der Waals surface area contributed by atoms with E-state index in [1.54, 1.807) is 28.9 Å². The number of nitrogens with one attached hydrogen (secondary N) is 1. The first kappa shape index (κ1) is 19.9. The Hall–Kier alpha value is -4.07. The second-order valence-corrected chi connectivity index (χ2v) is 7.69. The molecule has 0 aliphatic carbocycles. The molecule has 0 saturated heterocycles. The molecule has 162 valence electrons. The Morgan fingerprint density at radius 3 is 2.56 bits per heavy atom. The van der Waals surface area contributed by atoms with Crippen molar-refractivity contribution in [2.75, 3.05) is 18.5 Å². The van der Waals surface area contributed by atoms with Gasteiger partial charge in [-0.25, -0.2) is 4.68 Å². The molecule has 0 fully saturated rings.